The number of hydrogen-bond donors (Lipinski definition) is 1. The van der Waals surface area contributed by atoms with E-state index in [9.17, 15) is 4.79 Å². The van der Waals surface area contributed by atoms with Crippen LogP contribution in [0.4, 0.5) is 0 Å². The van der Waals surface area contributed by atoms with Crippen molar-refractivity contribution in [1.29, 1.82) is 0 Å². The van der Waals surface area contributed by atoms with Crippen molar-refractivity contribution in [3.63, 3.8) is 0 Å². The van der Waals surface area contributed by atoms with Gasteiger partial charge in [-0.15, -0.1) is 0 Å². The summed E-state index contributed by atoms with van der Waals surface area (Å²) in [4.78, 5) is 21.3. The number of benzene rings is 2. The maximum absolute atomic E-state index is 12.3. The lowest BCUT2D eigenvalue weighted by Gasteiger charge is -1.99. The van der Waals surface area contributed by atoms with Gasteiger partial charge in [0.25, 0.3) is 11.3 Å². The second kappa shape index (κ2) is 5.21. The van der Waals surface area contributed by atoms with E-state index in [-0.39, 0.29) is 5.56 Å². The third-order valence-corrected chi connectivity index (χ3v) is 3.73. The Balaban J connectivity index is 1.87. The molecule has 0 saturated heterocycles. The van der Waals surface area contributed by atoms with Crippen LogP contribution in [0.15, 0.2) is 65.5 Å². The number of hydrogen-bond acceptors (Lipinski definition) is 3. The summed E-state index contributed by atoms with van der Waals surface area (Å²) in [6.07, 6.45) is 0. The van der Waals surface area contributed by atoms with Crippen LogP contribution in [0.3, 0.4) is 0 Å². The van der Waals surface area contributed by atoms with Gasteiger partial charge in [0.15, 0.2) is 5.82 Å². The van der Waals surface area contributed by atoms with Crippen molar-refractivity contribution in [2.75, 3.05) is 0 Å². The SMILES string of the molecule is Cc1ccc(-c2nc3nc(-c4ccccc4)cc(=O)n3[nH]2)cc1. The van der Waals surface area contributed by atoms with Crippen LogP contribution in [-0.2, 0) is 0 Å². The van der Waals surface area contributed by atoms with Crippen molar-refractivity contribution in [3.05, 3.63) is 76.6 Å². The minimum absolute atomic E-state index is 0.181. The topological polar surface area (TPSA) is 63.1 Å². The molecule has 0 bridgehead atoms. The standard InChI is InChI=1S/C18H14N4O/c1-12-7-9-14(10-8-12)17-20-18-19-15(11-16(23)22(18)21-17)13-5-3-2-4-6-13/h2-11H,1H3,(H,19,20,21). The molecule has 4 aromatic rings. The monoisotopic (exact) mass is 302 g/mol. The molecule has 2 heterocycles. The maximum Gasteiger partial charge on any atom is 0.274 e. The first-order valence-corrected chi connectivity index (χ1v) is 7.33. The van der Waals surface area contributed by atoms with Crippen LogP contribution in [-0.4, -0.2) is 19.6 Å². The maximum atomic E-state index is 12.3. The summed E-state index contributed by atoms with van der Waals surface area (Å²) >= 11 is 0. The quantitative estimate of drug-likeness (QED) is 0.619. The summed E-state index contributed by atoms with van der Waals surface area (Å²) in [6.45, 7) is 2.03. The summed E-state index contributed by atoms with van der Waals surface area (Å²) in [5, 5.41) is 3.01. The van der Waals surface area contributed by atoms with Crippen molar-refractivity contribution in [2.45, 2.75) is 6.92 Å². The molecule has 0 unspecified atom stereocenters. The number of rotatable bonds is 2. The average molecular weight is 302 g/mol. The van der Waals surface area contributed by atoms with Gasteiger partial charge in [-0.2, -0.15) is 9.50 Å². The normalized spacial score (nSPS) is 11.0. The Kier molecular flexibility index (Phi) is 3.05. The lowest BCUT2D eigenvalue weighted by molar-refractivity contribution is 0.904. The predicted molar refractivity (Wildman–Crippen MR) is 89.2 cm³/mol. The molecule has 0 atom stereocenters. The third-order valence-electron chi connectivity index (χ3n) is 3.73. The van der Waals surface area contributed by atoms with Gasteiger partial charge in [0.2, 0.25) is 0 Å². The number of nitrogens with zero attached hydrogens (tertiary/aromatic N) is 3. The molecule has 2 aromatic carbocycles. The van der Waals surface area contributed by atoms with Crippen LogP contribution in [0.1, 0.15) is 5.56 Å². The van der Waals surface area contributed by atoms with E-state index in [1.165, 1.54) is 16.1 Å². The van der Waals surface area contributed by atoms with E-state index >= 15 is 0 Å². The molecule has 5 nitrogen and oxygen atoms in total. The molecular formula is C18H14N4O. The van der Waals surface area contributed by atoms with Crippen molar-refractivity contribution in [2.24, 2.45) is 0 Å². The molecule has 112 valence electrons. The van der Waals surface area contributed by atoms with E-state index in [4.69, 9.17) is 0 Å². The Bertz CT molecular complexity index is 1030. The molecule has 2 aromatic heterocycles. The molecule has 5 heteroatoms. The summed E-state index contributed by atoms with van der Waals surface area (Å²) < 4.78 is 1.36. The molecule has 0 aliphatic rings. The molecule has 0 radical (unpaired) electrons. The Hall–Kier alpha value is -3.21. The highest BCUT2D eigenvalue weighted by Crippen LogP contribution is 2.18. The highest BCUT2D eigenvalue weighted by atomic mass is 16.1. The first-order chi connectivity index (χ1) is 11.2. The summed E-state index contributed by atoms with van der Waals surface area (Å²) in [7, 11) is 0. The van der Waals surface area contributed by atoms with Crippen molar-refractivity contribution < 1.29 is 0 Å². The molecule has 0 aliphatic carbocycles. The number of nitrogens with one attached hydrogen (secondary N) is 1. The van der Waals surface area contributed by atoms with Crippen LogP contribution in [0.25, 0.3) is 28.4 Å². The fourth-order valence-corrected chi connectivity index (χ4v) is 2.48. The zero-order valence-electron chi connectivity index (χ0n) is 12.5. The highest BCUT2D eigenvalue weighted by molar-refractivity contribution is 5.62. The molecule has 0 fully saturated rings. The van der Waals surface area contributed by atoms with Gasteiger partial charge in [0, 0.05) is 17.2 Å². The smallest absolute Gasteiger partial charge is 0.271 e. The van der Waals surface area contributed by atoms with Crippen molar-refractivity contribution in [1.82, 2.24) is 19.6 Å². The van der Waals surface area contributed by atoms with E-state index in [1.54, 1.807) is 0 Å². The van der Waals surface area contributed by atoms with E-state index < -0.39 is 0 Å². The number of aryl methyl sites for hydroxylation is 1. The summed E-state index contributed by atoms with van der Waals surface area (Å²) in [6, 6.07) is 19.1. The first-order valence-electron chi connectivity index (χ1n) is 7.33. The van der Waals surface area contributed by atoms with Gasteiger partial charge < -0.3 is 0 Å². The van der Waals surface area contributed by atoms with E-state index in [0.717, 1.165) is 11.1 Å². The third kappa shape index (κ3) is 2.42. The van der Waals surface area contributed by atoms with Gasteiger partial charge >= 0.3 is 0 Å². The van der Waals surface area contributed by atoms with Gasteiger partial charge in [-0.3, -0.25) is 9.89 Å². The van der Waals surface area contributed by atoms with E-state index in [0.29, 0.717) is 17.3 Å². The van der Waals surface area contributed by atoms with Gasteiger partial charge in [-0.05, 0) is 6.92 Å². The van der Waals surface area contributed by atoms with Crippen LogP contribution >= 0.6 is 0 Å². The Morgan fingerprint density at radius 3 is 2.39 bits per heavy atom. The fraction of sp³-hybridized carbons (Fsp3) is 0.0556. The van der Waals surface area contributed by atoms with Crippen LogP contribution in [0, 0.1) is 6.92 Å². The molecule has 0 spiro atoms. The molecule has 4 rings (SSSR count). The Morgan fingerprint density at radius 2 is 1.65 bits per heavy atom. The molecule has 23 heavy (non-hydrogen) atoms. The van der Waals surface area contributed by atoms with Gasteiger partial charge in [-0.25, -0.2) is 4.98 Å². The molecule has 1 N–H and O–H groups in total. The van der Waals surface area contributed by atoms with Crippen LogP contribution < -0.4 is 5.56 Å². The number of fused-ring (bicyclic) bond motifs is 1. The lowest BCUT2D eigenvalue weighted by atomic mass is 10.1. The average Bonchev–Trinajstić information content (AvgIpc) is 3.01. The lowest BCUT2D eigenvalue weighted by Crippen LogP contribution is -2.14. The number of aromatic amines is 1. The predicted octanol–water partition coefficient (Wildman–Crippen LogP) is 3.06. The first kappa shape index (κ1) is 13.5. The van der Waals surface area contributed by atoms with Crippen LogP contribution in [0.5, 0.6) is 0 Å². The molecule has 0 saturated carbocycles. The molecular weight excluding hydrogens is 288 g/mol. The Morgan fingerprint density at radius 1 is 0.913 bits per heavy atom. The van der Waals surface area contributed by atoms with Crippen molar-refractivity contribution in [3.8, 4) is 22.6 Å². The molecule has 0 aliphatic heterocycles. The zero-order chi connectivity index (χ0) is 15.8. The van der Waals surface area contributed by atoms with Crippen LogP contribution in [0.2, 0.25) is 0 Å². The van der Waals surface area contributed by atoms with E-state index in [2.05, 4.69) is 15.1 Å². The van der Waals surface area contributed by atoms with Crippen molar-refractivity contribution >= 4 is 5.78 Å². The second-order valence-electron chi connectivity index (χ2n) is 5.42. The van der Waals surface area contributed by atoms with Gasteiger partial charge in [0.05, 0.1) is 5.69 Å². The number of aromatic nitrogens is 4. The largest absolute Gasteiger partial charge is 0.274 e. The molecule has 0 amide bonds. The summed E-state index contributed by atoms with van der Waals surface area (Å²) in [5.41, 5.74) is 3.43. The van der Waals surface area contributed by atoms with Gasteiger partial charge in [-0.1, -0.05) is 60.2 Å². The summed E-state index contributed by atoms with van der Waals surface area (Å²) in [5.74, 6) is 0.992. The van der Waals surface area contributed by atoms with Gasteiger partial charge in [0.1, 0.15) is 0 Å². The highest BCUT2D eigenvalue weighted by Gasteiger charge is 2.10. The second-order valence-corrected chi connectivity index (χ2v) is 5.42. The Labute approximate surface area is 132 Å². The zero-order valence-corrected chi connectivity index (χ0v) is 12.5. The minimum Gasteiger partial charge on any atom is -0.271 e. The fourth-order valence-electron chi connectivity index (χ4n) is 2.48. The number of H-pyrrole nitrogens is 1. The van der Waals surface area contributed by atoms with E-state index in [1.807, 2.05) is 61.5 Å². The minimum atomic E-state index is -0.181.